The average molecular weight is 385 g/mol. The Morgan fingerprint density at radius 2 is 1.86 bits per heavy atom. The monoisotopic (exact) mass is 385 g/mol. The number of carbonyl (C=O) groups excluding carboxylic acids is 1. The Kier molecular flexibility index (Phi) is 5.56. The van der Waals surface area contributed by atoms with Crippen molar-refractivity contribution in [2.24, 2.45) is 0 Å². The number of benzene rings is 3. The van der Waals surface area contributed by atoms with Crippen LogP contribution in [-0.2, 0) is 17.9 Å². The molecule has 1 N–H and O–H groups in total. The molecule has 0 saturated carbocycles. The summed E-state index contributed by atoms with van der Waals surface area (Å²) in [6.45, 7) is 3.05. The molecule has 0 radical (unpaired) electrons. The molecule has 0 fully saturated rings. The number of carbonyl (C=O) groups is 1. The highest BCUT2D eigenvalue weighted by Crippen LogP contribution is 2.18. The van der Waals surface area contributed by atoms with Gasteiger partial charge in [0.15, 0.2) is 0 Å². The minimum Gasteiger partial charge on any atom is -0.489 e. The molecule has 1 amide bonds. The van der Waals surface area contributed by atoms with E-state index in [0.29, 0.717) is 19.6 Å². The van der Waals surface area contributed by atoms with E-state index in [4.69, 9.17) is 4.74 Å². The lowest BCUT2D eigenvalue weighted by Gasteiger charge is -2.10. The first kappa shape index (κ1) is 18.7. The Morgan fingerprint density at radius 1 is 1.03 bits per heavy atom. The Bertz CT molecular complexity index is 1120. The summed E-state index contributed by atoms with van der Waals surface area (Å²) in [6.07, 6.45) is 2.20. The third-order valence-electron chi connectivity index (χ3n) is 4.77. The molecule has 3 aromatic carbocycles. The molecule has 0 aliphatic rings. The summed E-state index contributed by atoms with van der Waals surface area (Å²) in [4.78, 5) is 12.4. The molecule has 1 heterocycles. The molecule has 0 aliphatic carbocycles. The van der Waals surface area contributed by atoms with E-state index in [2.05, 4.69) is 23.4 Å². The molecular weight excluding hydrogens is 362 g/mol. The van der Waals surface area contributed by atoms with Gasteiger partial charge in [0.25, 0.3) is 0 Å². The van der Waals surface area contributed by atoms with Crippen LogP contribution in [0.4, 0.5) is 5.69 Å². The van der Waals surface area contributed by atoms with E-state index < -0.39 is 0 Å². The van der Waals surface area contributed by atoms with Gasteiger partial charge in [-0.1, -0.05) is 48.5 Å². The van der Waals surface area contributed by atoms with Gasteiger partial charge in [0.05, 0.1) is 18.3 Å². The van der Waals surface area contributed by atoms with E-state index in [1.165, 1.54) is 0 Å². The quantitative estimate of drug-likeness (QED) is 0.490. The number of ether oxygens (including phenoxy) is 1. The van der Waals surface area contributed by atoms with Gasteiger partial charge in [0.1, 0.15) is 12.4 Å². The zero-order chi connectivity index (χ0) is 20.1. The third kappa shape index (κ3) is 4.63. The number of nitrogens with zero attached hydrogens (tertiary/aromatic N) is 2. The standard InChI is InChI=1S/C24H23N3O2/c1-18-7-5-9-20-16-25-27(24(18)20)14-13-23(28)26-21-10-6-8-19(15-21)17-29-22-11-3-2-4-12-22/h2-12,15-16H,13-14,17H2,1H3,(H,26,28). The van der Waals surface area contributed by atoms with Crippen LogP contribution in [0, 0.1) is 6.92 Å². The van der Waals surface area contributed by atoms with Gasteiger partial charge >= 0.3 is 0 Å². The van der Waals surface area contributed by atoms with Gasteiger partial charge in [-0.3, -0.25) is 9.48 Å². The van der Waals surface area contributed by atoms with Crippen LogP contribution in [0.5, 0.6) is 5.75 Å². The molecule has 0 aliphatic heterocycles. The number of aromatic nitrogens is 2. The van der Waals surface area contributed by atoms with Gasteiger partial charge in [-0.15, -0.1) is 0 Å². The lowest BCUT2D eigenvalue weighted by atomic mass is 10.2. The molecule has 0 spiro atoms. The fraction of sp³-hybridized carbons (Fsp3) is 0.167. The third-order valence-corrected chi connectivity index (χ3v) is 4.77. The second-order valence-electron chi connectivity index (χ2n) is 6.98. The Hall–Kier alpha value is -3.60. The van der Waals surface area contributed by atoms with E-state index in [1.54, 1.807) is 0 Å². The normalized spacial score (nSPS) is 10.8. The number of hydrogen-bond donors (Lipinski definition) is 1. The molecule has 4 rings (SSSR count). The number of nitrogens with one attached hydrogen (secondary N) is 1. The van der Waals surface area contributed by atoms with Crippen molar-refractivity contribution in [1.82, 2.24) is 9.78 Å². The molecule has 29 heavy (non-hydrogen) atoms. The first-order valence-corrected chi connectivity index (χ1v) is 9.67. The number of hydrogen-bond acceptors (Lipinski definition) is 3. The van der Waals surface area contributed by atoms with E-state index in [0.717, 1.165) is 33.5 Å². The summed E-state index contributed by atoms with van der Waals surface area (Å²) in [7, 11) is 0. The van der Waals surface area contributed by atoms with Crippen LogP contribution in [-0.4, -0.2) is 15.7 Å². The lowest BCUT2D eigenvalue weighted by Crippen LogP contribution is -2.15. The largest absolute Gasteiger partial charge is 0.489 e. The fourth-order valence-corrected chi connectivity index (χ4v) is 3.35. The topological polar surface area (TPSA) is 56.2 Å². The fourth-order valence-electron chi connectivity index (χ4n) is 3.35. The van der Waals surface area contributed by atoms with E-state index in [-0.39, 0.29) is 5.91 Å². The van der Waals surface area contributed by atoms with E-state index in [9.17, 15) is 4.79 Å². The first-order chi connectivity index (χ1) is 14.2. The molecule has 1 aromatic heterocycles. The van der Waals surface area contributed by atoms with E-state index >= 15 is 0 Å². The predicted molar refractivity (Wildman–Crippen MR) is 115 cm³/mol. The zero-order valence-electron chi connectivity index (χ0n) is 16.3. The summed E-state index contributed by atoms with van der Waals surface area (Å²) in [5.74, 6) is 0.784. The van der Waals surface area contributed by atoms with Crippen LogP contribution in [0.1, 0.15) is 17.5 Å². The summed E-state index contributed by atoms with van der Waals surface area (Å²) in [6, 6.07) is 23.5. The van der Waals surface area contributed by atoms with Crippen molar-refractivity contribution in [3.63, 3.8) is 0 Å². The number of amides is 1. The highest BCUT2D eigenvalue weighted by molar-refractivity contribution is 5.91. The minimum absolute atomic E-state index is 0.0386. The van der Waals surface area contributed by atoms with Gasteiger partial charge in [-0.25, -0.2) is 0 Å². The SMILES string of the molecule is Cc1cccc2cnn(CCC(=O)Nc3cccc(COc4ccccc4)c3)c12. The van der Waals surface area contributed by atoms with Crippen molar-refractivity contribution >= 4 is 22.5 Å². The summed E-state index contributed by atoms with van der Waals surface area (Å²) in [5.41, 5.74) is 4.01. The second-order valence-corrected chi connectivity index (χ2v) is 6.98. The maximum absolute atomic E-state index is 12.4. The van der Waals surface area contributed by atoms with Crippen LogP contribution >= 0.6 is 0 Å². The summed E-state index contributed by atoms with van der Waals surface area (Å²) in [5, 5.41) is 8.49. The van der Waals surface area contributed by atoms with Crippen LogP contribution in [0.15, 0.2) is 79.0 Å². The number of rotatable bonds is 7. The second kappa shape index (κ2) is 8.61. The van der Waals surface area contributed by atoms with Gasteiger partial charge in [0.2, 0.25) is 5.91 Å². The Labute approximate surface area is 169 Å². The smallest absolute Gasteiger partial charge is 0.226 e. The summed E-state index contributed by atoms with van der Waals surface area (Å²) < 4.78 is 7.67. The van der Waals surface area contributed by atoms with Crippen molar-refractivity contribution in [3.8, 4) is 5.75 Å². The first-order valence-electron chi connectivity index (χ1n) is 9.67. The molecule has 0 saturated heterocycles. The Balaban J connectivity index is 1.34. The van der Waals surface area contributed by atoms with Gasteiger partial charge in [0, 0.05) is 17.5 Å². The highest BCUT2D eigenvalue weighted by Gasteiger charge is 2.08. The van der Waals surface area contributed by atoms with Crippen molar-refractivity contribution in [2.75, 3.05) is 5.32 Å². The zero-order valence-corrected chi connectivity index (χ0v) is 16.3. The Morgan fingerprint density at radius 3 is 2.72 bits per heavy atom. The molecule has 4 aromatic rings. The number of anilines is 1. The maximum Gasteiger partial charge on any atom is 0.226 e. The van der Waals surface area contributed by atoms with Gasteiger partial charge in [-0.2, -0.15) is 5.10 Å². The van der Waals surface area contributed by atoms with Crippen LogP contribution in [0.2, 0.25) is 0 Å². The van der Waals surface area contributed by atoms with Gasteiger partial charge in [-0.05, 0) is 42.3 Å². The molecule has 0 unspecified atom stereocenters. The summed E-state index contributed by atoms with van der Waals surface area (Å²) >= 11 is 0. The number of para-hydroxylation sites is 2. The number of fused-ring (bicyclic) bond motifs is 1. The molecule has 5 nitrogen and oxygen atoms in total. The van der Waals surface area contributed by atoms with Crippen LogP contribution < -0.4 is 10.1 Å². The van der Waals surface area contributed by atoms with Crippen LogP contribution in [0.25, 0.3) is 10.9 Å². The molecule has 0 bridgehead atoms. The van der Waals surface area contributed by atoms with Gasteiger partial charge < -0.3 is 10.1 Å². The molecule has 0 atom stereocenters. The van der Waals surface area contributed by atoms with Crippen molar-refractivity contribution in [1.29, 1.82) is 0 Å². The molecule has 146 valence electrons. The predicted octanol–water partition coefficient (Wildman–Crippen LogP) is 4.95. The highest BCUT2D eigenvalue weighted by atomic mass is 16.5. The number of aryl methyl sites for hydroxylation is 2. The molecular formula is C24H23N3O2. The lowest BCUT2D eigenvalue weighted by molar-refractivity contribution is -0.116. The minimum atomic E-state index is -0.0386. The van der Waals surface area contributed by atoms with Crippen molar-refractivity contribution in [3.05, 3.63) is 90.1 Å². The van der Waals surface area contributed by atoms with Crippen molar-refractivity contribution in [2.45, 2.75) is 26.5 Å². The molecule has 5 heteroatoms. The maximum atomic E-state index is 12.4. The average Bonchev–Trinajstić information content (AvgIpc) is 3.16. The van der Waals surface area contributed by atoms with Crippen LogP contribution in [0.3, 0.4) is 0 Å². The van der Waals surface area contributed by atoms with E-state index in [1.807, 2.05) is 77.6 Å². The van der Waals surface area contributed by atoms with Crippen molar-refractivity contribution < 1.29 is 9.53 Å².